The Labute approximate surface area is 587 Å². The van der Waals surface area contributed by atoms with Crippen molar-refractivity contribution in [2.45, 2.75) is 48.1 Å². The van der Waals surface area contributed by atoms with E-state index in [4.69, 9.17) is 21.6 Å². The standard InChI is InChI=1S/C29H23F2N3O.C28H23N3O.C27H21ClN4O2/c1-17-9-13-21(14-10-17)33-29(35)24-16-20(12-11-18(24)2)22-7-5-15-34-27(19(3)32-28(22)34)23-6-4-8-25(30)26(23)31;1-19-10-14-23(15-11-19)30-28(32)25-17-22(13-12-20(25)2)24-9-6-16-31-26(18-29-27(24)31)21-7-4-3-5-8-21;1-17-6-9-20(10-7-17)30-27(34)22-14-18(8-11-23(22)28)21-5-3-13-32-25(19-4-2-12-29-15-19)24(16-33)31-26(21)32/h4-16H,1-3H3,(H,33,35);3-18H,1-2H3,(H,30,32);2-15,33H,16H2,1H3,(H,30,34). The molecule has 0 aliphatic heterocycles. The van der Waals surface area contributed by atoms with Gasteiger partial charge < -0.3 is 21.1 Å². The minimum Gasteiger partial charge on any atom is -0.390 e. The predicted molar refractivity (Wildman–Crippen MR) is 398 cm³/mol. The third-order valence-corrected chi connectivity index (χ3v) is 17.8. The number of amides is 3. The number of imidazole rings is 3. The molecule has 15 rings (SSSR count). The highest BCUT2D eigenvalue weighted by Gasteiger charge is 2.23. The van der Waals surface area contributed by atoms with E-state index in [0.717, 1.165) is 107 Å². The molecule has 498 valence electrons. The number of nitrogens with one attached hydrogen (secondary N) is 3. The number of hydrogen-bond donors (Lipinski definition) is 4. The Bertz CT molecular complexity index is 5600. The number of pyridine rings is 4. The average molecular weight is 1350 g/mol. The summed E-state index contributed by atoms with van der Waals surface area (Å²) in [6, 6.07) is 69.7. The zero-order chi connectivity index (χ0) is 70.4. The predicted octanol–water partition coefficient (Wildman–Crippen LogP) is 19.4. The lowest BCUT2D eigenvalue weighted by atomic mass is 9.99. The van der Waals surface area contributed by atoms with Crippen LogP contribution in [0.1, 0.15) is 70.3 Å². The highest BCUT2D eigenvalue weighted by atomic mass is 35.5. The second-order valence-corrected chi connectivity index (χ2v) is 24.9. The number of nitrogens with zero attached hydrogens (tertiary/aromatic N) is 7. The first-order chi connectivity index (χ1) is 49.0. The van der Waals surface area contributed by atoms with Crippen molar-refractivity contribution in [2.24, 2.45) is 0 Å². The SMILES string of the molecule is Cc1ccc(NC(=O)c2cc(-c3cccn4c(-c5cccc(F)c5F)c(C)nc34)ccc2C)cc1.Cc1ccc(NC(=O)c2cc(-c3cccn4c(-c5ccccc5)cnc34)ccc2C)cc1.Cc1ccc(NC(=O)c2cc(-c3cccn4c(-c5cccnc5)c(CO)nc34)ccc2Cl)cc1. The maximum Gasteiger partial charge on any atom is 0.257 e. The summed E-state index contributed by atoms with van der Waals surface area (Å²) in [6.07, 6.45) is 11.0. The molecule has 14 nitrogen and oxygen atoms in total. The van der Waals surface area contributed by atoms with Gasteiger partial charge in [0.15, 0.2) is 11.6 Å². The molecule has 0 aliphatic rings. The number of benzene rings is 8. The molecule has 0 aliphatic carbocycles. The Morgan fingerprint density at radius 2 is 0.901 bits per heavy atom. The smallest absolute Gasteiger partial charge is 0.257 e. The van der Waals surface area contributed by atoms with Crippen molar-refractivity contribution >= 4 is 63.3 Å². The van der Waals surface area contributed by atoms with Gasteiger partial charge in [-0.25, -0.2) is 23.7 Å². The molecule has 7 heterocycles. The first kappa shape index (κ1) is 67.1. The van der Waals surface area contributed by atoms with Crippen LogP contribution in [0.15, 0.2) is 262 Å². The minimum atomic E-state index is -0.909. The number of aromatic nitrogens is 7. The Morgan fingerprint density at radius 3 is 1.43 bits per heavy atom. The summed E-state index contributed by atoms with van der Waals surface area (Å²) in [5.74, 6) is -2.43. The van der Waals surface area contributed by atoms with Gasteiger partial charge in [0.05, 0.1) is 51.9 Å². The summed E-state index contributed by atoms with van der Waals surface area (Å²) in [7, 11) is 0. The van der Waals surface area contributed by atoms with E-state index < -0.39 is 11.6 Å². The van der Waals surface area contributed by atoms with Gasteiger partial charge in [-0.05, 0) is 191 Å². The number of carbonyl (C=O) groups excluding carboxylic acids is 3. The molecule has 0 saturated heterocycles. The van der Waals surface area contributed by atoms with Gasteiger partial charge in [0.25, 0.3) is 17.7 Å². The highest BCUT2D eigenvalue weighted by molar-refractivity contribution is 6.34. The molecule has 0 saturated carbocycles. The molecule has 8 aromatic carbocycles. The molecule has 0 unspecified atom stereocenters. The molecule has 15 aromatic rings. The maximum atomic E-state index is 14.6. The van der Waals surface area contributed by atoms with Crippen molar-refractivity contribution in [1.29, 1.82) is 0 Å². The third kappa shape index (κ3) is 14.3. The van der Waals surface area contributed by atoms with Gasteiger partial charge in [-0.3, -0.25) is 32.6 Å². The molecule has 7 aromatic heterocycles. The van der Waals surface area contributed by atoms with E-state index in [9.17, 15) is 28.3 Å². The molecular formula is C84H67ClF2N10O4. The van der Waals surface area contributed by atoms with E-state index >= 15 is 0 Å². The van der Waals surface area contributed by atoms with E-state index in [-0.39, 0.29) is 29.9 Å². The van der Waals surface area contributed by atoms with Crippen LogP contribution >= 0.6 is 11.6 Å². The Hall–Kier alpha value is -12.5. The number of fused-ring (bicyclic) bond motifs is 3. The van der Waals surface area contributed by atoms with Gasteiger partial charge in [0.2, 0.25) is 0 Å². The maximum absolute atomic E-state index is 14.6. The van der Waals surface area contributed by atoms with Crippen LogP contribution in [-0.2, 0) is 6.61 Å². The van der Waals surface area contributed by atoms with Gasteiger partial charge >= 0.3 is 0 Å². The first-order valence-corrected chi connectivity index (χ1v) is 33.0. The van der Waals surface area contributed by atoms with Gasteiger partial charge in [-0.2, -0.15) is 0 Å². The lowest BCUT2D eigenvalue weighted by Crippen LogP contribution is -2.13. The van der Waals surface area contributed by atoms with Gasteiger partial charge in [-0.15, -0.1) is 0 Å². The van der Waals surface area contributed by atoms with Crippen molar-refractivity contribution < 1.29 is 28.3 Å². The van der Waals surface area contributed by atoms with Crippen LogP contribution in [0.5, 0.6) is 0 Å². The second kappa shape index (κ2) is 29.3. The summed E-state index contributed by atoms with van der Waals surface area (Å²) in [6.45, 7) is 11.4. The number of aliphatic hydroxyl groups is 1. The van der Waals surface area contributed by atoms with Gasteiger partial charge in [-0.1, -0.05) is 131 Å². The van der Waals surface area contributed by atoms with Crippen molar-refractivity contribution in [1.82, 2.24) is 33.1 Å². The minimum absolute atomic E-state index is 0.117. The molecule has 0 fully saturated rings. The van der Waals surface area contributed by atoms with Crippen molar-refractivity contribution in [3.8, 4) is 67.2 Å². The average Bonchev–Trinajstić information content (AvgIpc) is 1.64. The summed E-state index contributed by atoms with van der Waals surface area (Å²) in [4.78, 5) is 57.4. The number of aliphatic hydroxyl groups excluding tert-OH is 1. The number of carbonyl (C=O) groups is 3. The number of rotatable bonds is 13. The zero-order valence-electron chi connectivity index (χ0n) is 56.0. The number of aryl methyl sites for hydroxylation is 6. The molecule has 3 amide bonds. The van der Waals surface area contributed by atoms with Crippen LogP contribution < -0.4 is 16.0 Å². The van der Waals surface area contributed by atoms with Gasteiger partial charge in [0, 0.05) is 92.6 Å². The molecule has 0 radical (unpaired) electrons. The van der Waals surface area contributed by atoms with Gasteiger partial charge in [0.1, 0.15) is 16.9 Å². The number of halogens is 3. The van der Waals surface area contributed by atoms with Crippen LogP contribution in [0.25, 0.3) is 84.1 Å². The zero-order valence-corrected chi connectivity index (χ0v) is 56.7. The van der Waals surface area contributed by atoms with Crippen molar-refractivity contribution in [3.05, 3.63) is 334 Å². The van der Waals surface area contributed by atoms with Crippen LogP contribution in [0, 0.1) is 53.2 Å². The summed E-state index contributed by atoms with van der Waals surface area (Å²) >= 11 is 6.40. The van der Waals surface area contributed by atoms with Crippen LogP contribution in [0.2, 0.25) is 5.02 Å². The topological polar surface area (TPSA) is 172 Å². The molecule has 0 spiro atoms. The molecule has 101 heavy (non-hydrogen) atoms. The molecule has 4 N–H and O–H groups in total. The normalized spacial score (nSPS) is 11.0. The molecule has 17 heteroatoms. The van der Waals surface area contributed by atoms with E-state index in [1.807, 2.05) is 240 Å². The van der Waals surface area contributed by atoms with Crippen LogP contribution in [-0.4, -0.2) is 56.0 Å². The number of hydrogen-bond acceptors (Lipinski definition) is 8. The molecule has 0 atom stereocenters. The Morgan fingerprint density at radius 1 is 0.436 bits per heavy atom. The van der Waals surface area contributed by atoms with Crippen molar-refractivity contribution in [3.63, 3.8) is 0 Å². The van der Waals surface area contributed by atoms with Crippen LogP contribution in [0.4, 0.5) is 25.8 Å². The lowest BCUT2D eigenvalue weighted by Gasteiger charge is -2.11. The number of anilines is 3. The molecular weight excluding hydrogens is 1290 g/mol. The van der Waals surface area contributed by atoms with Crippen LogP contribution in [0.3, 0.4) is 0 Å². The summed E-state index contributed by atoms with van der Waals surface area (Å²) in [5.41, 5.74) is 21.7. The van der Waals surface area contributed by atoms with E-state index in [0.29, 0.717) is 55.8 Å². The van der Waals surface area contributed by atoms with E-state index in [2.05, 4.69) is 42.5 Å². The Kier molecular flexibility index (Phi) is 19.5. The van der Waals surface area contributed by atoms with E-state index in [1.54, 1.807) is 48.1 Å². The fourth-order valence-corrected chi connectivity index (χ4v) is 12.4. The monoisotopic (exact) mass is 1350 g/mol. The summed E-state index contributed by atoms with van der Waals surface area (Å²) < 4.78 is 34.3. The lowest BCUT2D eigenvalue weighted by molar-refractivity contribution is 0.101. The fraction of sp³-hybridized carbons (Fsp3) is 0.0833. The molecule has 0 bridgehead atoms. The summed E-state index contributed by atoms with van der Waals surface area (Å²) in [5, 5.41) is 19.2. The third-order valence-electron chi connectivity index (χ3n) is 17.5. The highest BCUT2D eigenvalue weighted by Crippen LogP contribution is 2.37. The fourth-order valence-electron chi connectivity index (χ4n) is 12.2. The van der Waals surface area contributed by atoms with Crippen molar-refractivity contribution in [2.75, 3.05) is 16.0 Å². The Balaban J connectivity index is 0.000000136. The second-order valence-electron chi connectivity index (χ2n) is 24.5. The quantitative estimate of drug-likeness (QED) is 0.0883. The first-order valence-electron chi connectivity index (χ1n) is 32.6. The van der Waals surface area contributed by atoms with E-state index in [1.165, 1.54) is 6.07 Å². The largest absolute Gasteiger partial charge is 0.390 e.